The smallest absolute Gasteiger partial charge is 0.337 e. The van der Waals surface area contributed by atoms with Crippen molar-refractivity contribution in [3.8, 4) is 0 Å². The van der Waals surface area contributed by atoms with Crippen molar-refractivity contribution < 1.29 is 9.90 Å². The molecule has 7 heteroatoms. The van der Waals surface area contributed by atoms with Crippen molar-refractivity contribution in [2.75, 3.05) is 25.5 Å². The molecule has 0 amide bonds. The standard InChI is InChI=1S/C17H23N5O2/c1-12-16(19-15-10-18-7-5-14(15)17(23)24)11-22(20-12)13-4-3-8-21(2)9-6-13/h5,7,10-11,13,19H,3-4,6,8-9H2,1-2H3,(H,23,24). The van der Waals surface area contributed by atoms with Gasteiger partial charge < -0.3 is 15.3 Å². The molecule has 2 aromatic rings. The van der Waals surface area contributed by atoms with Crippen molar-refractivity contribution in [3.05, 3.63) is 35.9 Å². The highest BCUT2D eigenvalue weighted by atomic mass is 16.4. The van der Waals surface area contributed by atoms with Crippen LogP contribution in [-0.2, 0) is 0 Å². The maximum absolute atomic E-state index is 11.3. The van der Waals surface area contributed by atoms with Crippen molar-refractivity contribution in [1.29, 1.82) is 0 Å². The Balaban J connectivity index is 1.81. The maximum atomic E-state index is 11.3. The normalized spacial score (nSPS) is 19.0. The summed E-state index contributed by atoms with van der Waals surface area (Å²) in [6.07, 6.45) is 8.33. The molecule has 3 heterocycles. The van der Waals surface area contributed by atoms with Crippen LogP contribution in [0, 0.1) is 6.92 Å². The van der Waals surface area contributed by atoms with E-state index in [9.17, 15) is 9.90 Å². The van der Waals surface area contributed by atoms with Gasteiger partial charge in [-0.1, -0.05) is 0 Å². The number of hydrogen-bond donors (Lipinski definition) is 2. The number of likely N-dealkylation sites (tertiary alicyclic amines) is 1. The van der Waals surface area contributed by atoms with Crippen LogP contribution >= 0.6 is 0 Å². The van der Waals surface area contributed by atoms with Gasteiger partial charge >= 0.3 is 5.97 Å². The molecular weight excluding hydrogens is 306 g/mol. The van der Waals surface area contributed by atoms with E-state index in [1.807, 2.05) is 17.8 Å². The highest BCUT2D eigenvalue weighted by Gasteiger charge is 2.19. The zero-order valence-corrected chi connectivity index (χ0v) is 14.1. The van der Waals surface area contributed by atoms with Crippen molar-refractivity contribution in [1.82, 2.24) is 19.7 Å². The molecule has 7 nitrogen and oxygen atoms in total. The average molecular weight is 329 g/mol. The second-order valence-electron chi connectivity index (χ2n) is 6.35. The first-order valence-corrected chi connectivity index (χ1v) is 8.23. The van der Waals surface area contributed by atoms with Crippen molar-refractivity contribution in [3.63, 3.8) is 0 Å². The number of anilines is 2. The van der Waals surface area contributed by atoms with E-state index < -0.39 is 5.97 Å². The number of nitrogens with zero attached hydrogens (tertiary/aromatic N) is 4. The third-order valence-electron chi connectivity index (χ3n) is 4.53. The van der Waals surface area contributed by atoms with E-state index in [0.717, 1.165) is 43.7 Å². The maximum Gasteiger partial charge on any atom is 0.337 e. The second kappa shape index (κ2) is 7.00. The summed E-state index contributed by atoms with van der Waals surface area (Å²) in [5, 5.41) is 17.1. The lowest BCUT2D eigenvalue weighted by atomic mass is 10.1. The Labute approximate surface area is 141 Å². The molecule has 0 bridgehead atoms. The molecule has 0 spiro atoms. The van der Waals surface area contributed by atoms with Gasteiger partial charge in [0.25, 0.3) is 0 Å². The summed E-state index contributed by atoms with van der Waals surface area (Å²) in [4.78, 5) is 17.7. The molecule has 0 aliphatic carbocycles. The lowest BCUT2D eigenvalue weighted by Gasteiger charge is -2.15. The fraction of sp³-hybridized carbons (Fsp3) is 0.471. The van der Waals surface area contributed by atoms with Crippen molar-refractivity contribution in [2.24, 2.45) is 0 Å². The number of aromatic nitrogens is 3. The number of aromatic carboxylic acids is 1. The highest BCUT2D eigenvalue weighted by Crippen LogP contribution is 2.27. The van der Waals surface area contributed by atoms with Crippen molar-refractivity contribution >= 4 is 17.3 Å². The molecular formula is C17H23N5O2. The van der Waals surface area contributed by atoms with E-state index in [1.165, 1.54) is 18.5 Å². The van der Waals surface area contributed by atoms with Gasteiger partial charge in [0.05, 0.1) is 34.9 Å². The molecule has 0 radical (unpaired) electrons. The predicted molar refractivity (Wildman–Crippen MR) is 91.8 cm³/mol. The van der Waals surface area contributed by atoms with Gasteiger partial charge in [-0.15, -0.1) is 0 Å². The third-order valence-corrected chi connectivity index (χ3v) is 4.53. The summed E-state index contributed by atoms with van der Waals surface area (Å²) < 4.78 is 2.02. The molecule has 1 aliphatic heterocycles. The second-order valence-corrected chi connectivity index (χ2v) is 6.35. The van der Waals surface area contributed by atoms with E-state index >= 15 is 0 Å². The molecule has 3 rings (SSSR count). The number of aryl methyl sites for hydroxylation is 1. The van der Waals surface area contributed by atoms with Crippen molar-refractivity contribution in [2.45, 2.75) is 32.2 Å². The van der Waals surface area contributed by atoms with Gasteiger partial charge in [0.1, 0.15) is 0 Å². The van der Waals surface area contributed by atoms with E-state index in [0.29, 0.717) is 11.7 Å². The number of carboxylic acid groups (broad SMARTS) is 1. The molecule has 1 atom stereocenters. The molecule has 128 valence electrons. The van der Waals surface area contributed by atoms with Gasteiger partial charge in [-0.05, 0) is 52.4 Å². The first-order valence-electron chi connectivity index (χ1n) is 8.23. The lowest BCUT2D eigenvalue weighted by molar-refractivity contribution is 0.0698. The number of carboxylic acids is 1. The molecule has 0 saturated carbocycles. The molecule has 0 aromatic carbocycles. The van der Waals surface area contributed by atoms with Crippen LogP contribution in [0.15, 0.2) is 24.7 Å². The lowest BCUT2D eigenvalue weighted by Crippen LogP contribution is -2.19. The Hall–Kier alpha value is -2.41. The zero-order chi connectivity index (χ0) is 17.1. The first kappa shape index (κ1) is 16.4. The van der Waals surface area contributed by atoms with Gasteiger partial charge in [0.2, 0.25) is 0 Å². The summed E-state index contributed by atoms with van der Waals surface area (Å²) in [7, 11) is 2.15. The Morgan fingerprint density at radius 2 is 2.17 bits per heavy atom. The molecule has 2 aromatic heterocycles. The van der Waals surface area contributed by atoms with Crippen LogP contribution in [0.25, 0.3) is 0 Å². The summed E-state index contributed by atoms with van der Waals surface area (Å²) in [5.74, 6) is -0.975. The van der Waals surface area contributed by atoms with E-state index in [-0.39, 0.29) is 5.56 Å². The molecule has 1 unspecified atom stereocenters. The Kier molecular flexibility index (Phi) is 4.80. The van der Waals surface area contributed by atoms with Gasteiger partial charge in [-0.3, -0.25) is 9.67 Å². The molecule has 1 saturated heterocycles. The van der Waals surface area contributed by atoms with Gasteiger partial charge in [-0.25, -0.2) is 4.79 Å². The SMILES string of the molecule is Cc1nn(C2CCCN(C)CC2)cc1Nc1cnccc1C(=O)O. The quantitative estimate of drug-likeness (QED) is 0.897. The number of nitrogens with one attached hydrogen (secondary N) is 1. The number of pyridine rings is 1. The first-order chi connectivity index (χ1) is 11.5. The van der Waals surface area contributed by atoms with Crippen LogP contribution < -0.4 is 5.32 Å². The fourth-order valence-corrected chi connectivity index (χ4v) is 3.10. The van der Waals surface area contributed by atoms with Crippen LogP contribution in [0.2, 0.25) is 0 Å². The molecule has 1 aliphatic rings. The van der Waals surface area contributed by atoms with Crippen LogP contribution in [0.1, 0.15) is 41.4 Å². The van der Waals surface area contributed by atoms with Crippen LogP contribution in [0.5, 0.6) is 0 Å². The fourth-order valence-electron chi connectivity index (χ4n) is 3.10. The summed E-state index contributed by atoms with van der Waals surface area (Å²) in [6.45, 7) is 4.12. The zero-order valence-electron chi connectivity index (χ0n) is 14.1. The van der Waals surface area contributed by atoms with Gasteiger partial charge in [0, 0.05) is 12.4 Å². The Bertz CT molecular complexity index is 728. The van der Waals surface area contributed by atoms with Crippen LogP contribution in [-0.4, -0.2) is 50.9 Å². The summed E-state index contributed by atoms with van der Waals surface area (Å²) in [5.41, 5.74) is 2.36. The summed E-state index contributed by atoms with van der Waals surface area (Å²) >= 11 is 0. The van der Waals surface area contributed by atoms with Crippen LogP contribution in [0.3, 0.4) is 0 Å². The van der Waals surface area contributed by atoms with E-state index in [1.54, 1.807) is 0 Å². The topological polar surface area (TPSA) is 83.3 Å². The van der Waals surface area contributed by atoms with Gasteiger partial charge in [0.15, 0.2) is 0 Å². The minimum absolute atomic E-state index is 0.202. The van der Waals surface area contributed by atoms with Crippen LogP contribution in [0.4, 0.5) is 11.4 Å². The molecule has 24 heavy (non-hydrogen) atoms. The minimum Gasteiger partial charge on any atom is -0.478 e. The van der Waals surface area contributed by atoms with Gasteiger partial charge in [-0.2, -0.15) is 5.10 Å². The minimum atomic E-state index is -0.975. The Morgan fingerprint density at radius 3 is 2.96 bits per heavy atom. The van der Waals surface area contributed by atoms with E-state index in [4.69, 9.17) is 0 Å². The average Bonchev–Trinajstić information content (AvgIpc) is 2.77. The highest BCUT2D eigenvalue weighted by molar-refractivity contribution is 5.94. The Morgan fingerprint density at radius 1 is 1.33 bits per heavy atom. The number of rotatable bonds is 4. The molecule has 1 fully saturated rings. The largest absolute Gasteiger partial charge is 0.478 e. The van der Waals surface area contributed by atoms with E-state index in [2.05, 4.69) is 27.3 Å². The monoisotopic (exact) mass is 329 g/mol. The predicted octanol–water partition coefficient (Wildman–Crippen LogP) is 2.69. The summed E-state index contributed by atoms with van der Waals surface area (Å²) in [6, 6.07) is 1.88. The molecule has 2 N–H and O–H groups in total. The number of hydrogen-bond acceptors (Lipinski definition) is 5. The third kappa shape index (κ3) is 3.56. The number of carbonyl (C=O) groups is 1.